The summed E-state index contributed by atoms with van der Waals surface area (Å²) >= 11 is 0. The molecule has 0 aliphatic heterocycles. The van der Waals surface area contributed by atoms with Crippen molar-refractivity contribution in [2.45, 2.75) is 122 Å². The van der Waals surface area contributed by atoms with E-state index in [0.29, 0.717) is 6.42 Å². The molecule has 0 rings (SSSR count). The van der Waals surface area contributed by atoms with Crippen LogP contribution in [0.3, 0.4) is 0 Å². The number of hydrogen-bond donors (Lipinski definition) is 1. The van der Waals surface area contributed by atoms with Crippen molar-refractivity contribution in [2.75, 3.05) is 0 Å². The summed E-state index contributed by atoms with van der Waals surface area (Å²) in [5.41, 5.74) is 0. The number of carboxylic acids is 1. The van der Waals surface area contributed by atoms with E-state index in [-0.39, 0.29) is 0 Å². The molecule has 2 nitrogen and oxygen atoms in total. The summed E-state index contributed by atoms with van der Waals surface area (Å²) in [6.45, 7) is 2.25. The lowest BCUT2D eigenvalue weighted by molar-refractivity contribution is -0.137. The third-order valence-electron chi connectivity index (χ3n) is 5.03. The number of carbonyl (C=O) groups is 1. The lowest BCUT2D eigenvalue weighted by Crippen LogP contribution is -1.93. The zero-order valence-electron chi connectivity index (χ0n) is 18.5. The van der Waals surface area contributed by atoms with Crippen molar-refractivity contribution < 1.29 is 9.90 Å². The zero-order valence-corrected chi connectivity index (χ0v) is 18.5. The fourth-order valence-electron chi connectivity index (χ4n) is 3.24. The molecule has 0 radical (unpaired) electrons. The van der Waals surface area contributed by atoms with Crippen molar-refractivity contribution >= 4 is 5.97 Å². The quantitative estimate of drug-likeness (QED) is 0.157. The first-order valence-electron chi connectivity index (χ1n) is 11.9. The van der Waals surface area contributed by atoms with Crippen LogP contribution in [-0.2, 0) is 4.79 Å². The van der Waals surface area contributed by atoms with E-state index in [4.69, 9.17) is 5.11 Å². The molecular weight excluding hydrogens is 344 g/mol. The van der Waals surface area contributed by atoms with E-state index < -0.39 is 5.97 Å². The van der Waals surface area contributed by atoms with Gasteiger partial charge >= 0.3 is 5.97 Å². The van der Waals surface area contributed by atoms with Gasteiger partial charge in [-0.15, -0.1) is 0 Å². The van der Waals surface area contributed by atoms with Gasteiger partial charge < -0.3 is 5.11 Å². The van der Waals surface area contributed by atoms with Crippen molar-refractivity contribution in [1.82, 2.24) is 0 Å². The molecule has 1 N–H and O–H groups in total. The van der Waals surface area contributed by atoms with Crippen LogP contribution in [0.5, 0.6) is 0 Å². The summed E-state index contributed by atoms with van der Waals surface area (Å²) in [6.07, 6.45) is 35.1. The van der Waals surface area contributed by atoms with Gasteiger partial charge in [-0.2, -0.15) is 0 Å². The minimum atomic E-state index is -0.660. The Bertz CT molecular complexity index is 407. The Kier molecular flexibility index (Phi) is 22.6. The molecule has 0 bridgehead atoms. The smallest absolute Gasteiger partial charge is 0.303 e. The largest absolute Gasteiger partial charge is 0.481 e. The SMILES string of the molecule is CCCCCC=CCC=CCC=CCCCCCCCCCCCCC(=O)O. The maximum atomic E-state index is 10.4. The summed E-state index contributed by atoms with van der Waals surface area (Å²) in [5.74, 6) is -0.660. The van der Waals surface area contributed by atoms with Gasteiger partial charge in [-0.25, -0.2) is 0 Å². The van der Waals surface area contributed by atoms with Crippen molar-refractivity contribution in [3.05, 3.63) is 36.5 Å². The van der Waals surface area contributed by atoms with Crippen LogP contribution >= 0.6 is 0 Å². The summed E-state index contributed by atoms with van der Waals surface area (Å²) < 4.78 is 0. The van der Waals surface area contributed by atoms with Crippen LogP contribution < -0.4 is 0 Å². The molecule has 0 aromatic rings. The van der Waals surface area contributed by atoms with E-state index in [9.17, 15) is 4.79 Å². The third kappa shape index (κ3) is 24.7. The number of unbranched alkanes of at least 4 members (excludes halogenated alkanes) is 13. The minimum absolute atomic E-state index is 0.335. The van der Waals surface area contributed by atoms with E-state index in [0.717, 1.165) is 25.7 Å². The molecule has 0 aliphatic rings. The van der Waals surface area contributed by atoms with Crippen LogP contribution in [0.1, 0.15) is 122 Å². The van der Waals surface area contributed by atoms with Crippen LogP contribution in [0.2, 0.25) is 0 Å². The molecule has 0 saturated carbocycles. The van der Waals surface area contributed by atoms with Crippen molar-refractivity contribution in [1.29, 1.82) is 0 Å². The molecule has 0 amide bonds. The van der Waals surface area contributed by atoms with Gasteiger partial charge in [0.25, 0.3) is 0 Å². The second-order valence-corrected chi connectivity index (χ2v) is 7.85. The third-order valence-corrected chi connectivity index (χ3v) is 5.03. The molecule has 0 aliphatic carbocycles. The van der Waals surface area contributed by atoms with Crippen LogP contribution in [0.15, 0.2) is 36.5 Å². The number of hydrogen-bond acceptors (Lipinski definition) is 1. The Morgan fingerprint density at radius 1 is 0.571 bits per heavy atom. The summed E-state index contributed by atoms with van der Waals surface area (Å²) in [4.78, 5) is 10.4. The van der Waals surface area contributed by atoms with E-state index >= 15 is 0 Å². The Morgan fingerprint density at radius 3 is 1.43 bits per heavy atom. The Hall–Kier alpha value is -1.31. The van der Waals surface area contributed by atoms with E-state index in [1.54, 1.807) is 0 Å². The molecule has 0 heterocycles. The fraction of sp³-hybridized carbons (Fsp3) is 0.731. The van der Waals surface area contributed by atoms with Crippen molar-refractivity contribution in [3.8, 4) is 0 Å². The predicted octanol–water partition coefficient (Wildman–Crippen LogP) is 8.78. The number of carboxylic acid groups (broad SMARTS) is 1. The molecular formula is C26H46O2. The lowest BCUT2D eigenvalue weighted by Gasteiger charge is -2.01. The monoisotopic (exact) mass is 390 g/mol. The highest BCUT2D eigenvalue weighted by Gasteiger charge is 1.96. The summed E-state index contributed by atoms with van der Waals surface area (Å²) in [5, 5.41) is 8.58. The van der Waals surface area contributed by atoms with Crippen LogP contribution in [0.4, 0.5) is 0 Å². The standard InChI is InChI=1S/C26H46O2/c1-2-3-4-5-6-7-8-9-10-11-12-13-14-15-16-17-18-19-20-21-22-23-24-25-26(27)28/h6-7,9-10,12-13H,2-5,8,11,14-25H2,1H3,(H,27,28). The maximum Gasteiger partial charge on any atom is 0.303 e. The predicted molar refractivity (Wildman–Crippen MR) is 124 cm³/mol. The highest BCUT2D eigenvalue weighted by Crippen LogP contribution is 2.12. The van der Waals surface area contributed by atoms with Crippen LogP contribution in [0.25, 0.3) is 0 Å². The van der Waals surface area contributed by atoms with Gasteiger partial charge in [0.2, 0.25) is 0 Å². The molecule has 0 spiro atoms. The number of allylic oxidation sites excluding steroid dienone is 6. The highest BCUT2D eigenvalue weighted by molar-refractivity contribution is 5.66. The van der Waals surface area contributed by atoms with E-state index in [1.165, 1.54) is 83.5 Å². The van der Waals surface area contributed by atoms with Gasteiger partial charge in [-0.1, -0.05) is 108 Å². The average molecular weight is 391 g/mol. The van der Waals surface area contributed by atoms with E-state index in [1.807, 2.05) is 0 Å². The molecule has 162 valence electrons. The summed E-state index contributed by atoms with van der Waals surface area (Å²) in [7, 11) is 0. The second-order valence-electron chi connectivity index (χ2n) is 7.85. The molecule has 0 aromatic heterocycles. The van der Waals surface area contributed by atoms with Crippen molar-refractivity contribution in [3.63, 3.8) is 0 Å². The molecule has 0 atom stereocenters. The normalized spacial score (nSPS) is 12.0. The lowest BCUT2D eigenvalue weighted by atomic mass is 10.1. The van der Waals surface area contributed by atoms with Crippen molar-refractivity contribution in [2.24, 2.45) is 0 Å². The Balaban J connectivity index is 3.21. The van der Waals surface area contributed by atoms with Gasteiger partial charge in [0.15, 0.2) is 0 Å². The first-order valence-corrected chi connectivity index (χ1v) is 11.9. The van der Waals surface area contributed by atoms with Gasteiger partial charge in [-0.3, -0.25) is 4.79 Å². The van der Waals surface area contributed by atoms with Gasteiger partial charge in [0.1, 0.15) is 0 Å². The average Bonchev–Trinajstić information content (AvgIpc) is 2.68. The minimum Gasteiger partial charge on any atom is -0.481 e. The molecule has 28 heavy (non-hydrogen) atoms. The zero-order chi connectivity index (χ0) is 20.5. The molecule has 0 unspecified atom stereocenters. The Labute approximate surface area is 175 Å². The van der Waals surface area contributed by atoms with Crippen LogP contribution in [-0.4, -0.2) is 11.1 Å². The molecule has 0 fully saturated rings. The Morgan fingerprint density at radius 2 is 0.964 bits per heavy atom. The molecule has 2 heteroatoms. The fourth-order valence-corrected chi connectivity index (χ4v) is 3.24. The highest BCUT2D eigenvalue weighted by atomic mass is 16.4. The first-order chi connectivity index (χ1) is 13.8. The van der Waals surface area contributed by atoms with Gasteiger partial charge in [-0.05, 0) is 44.9 Å². The summed E-state index contributed by atoms with van der Waals surface area (Å²) in [6, 6.07) is 0. The maximum absolute atomic E-state index is 10.4. The second kappa shape index (κ2) is 23.7. The van der Waals surface area contributed by atoms with Gasteiger partial charge in [0.05, 0.1) is 0 Å². The number of rotatable bonds is 21. The van der Waals surface area contributed by atoms with Gasteiger partial charge in [0, 0.05) is 6.42 Å². The first kappa shape index (κ1) is 26.7. The molecule has 0 saturated heterocycles. The number of aliphatic carboxylic acids is 1. The topological polar surface area (TPSA) is 37.3 Å². The van der Waals surface area contributed by atoms with E-state index in [2.05, 4.69) is 43.4 Å². The van der Waals surface area contributed by atoms with Crippen LogP contribution in [0, 0.1) is 0 Å². The molecule has 0 aromatic carbocycles.